The van der Waals surface area contributed by atoms with Crippen LogP contribution in [0.1, 0.15) is 20.3 Å². The fourth-order valence-corrected chi connectivity index (χ4v) is 1.03. The van der Waals surface area contributed by atoms with E-state index in [4.69, 9.17) is 10.8 Å². The number of aliphatic hydroxyl groups is 1. The minimum Gasteiger partial charge on any atom is -0.396 e. The van der Waals surface area contributed by atoms with Gasteiger partial charge in [0.15, 0.2) is 0 Å². The van der Waals surface area contributed by atoms with Crippen LogP contribution in [0.25, 0.3) is 0 Å². The second-order valence-electron chi connectivity index (χ2n) is 3.59. The Balaban J connectivity index is 3.77. The zero-order valence-electron chi connectivity index (χ0n) is 9.12. The SMILES string of the molecule is CC(CCO)CNC(=O)C(C)NC(N)=O. The van der Waals surface area contributed by atoms with Crippen molar-refractivity contribution in [3.8, 4) is 0 Å². The van der Waals surface area contributed by atoms with Crippen LogP contribution in [0.5, 0.6) is 0 Å². The smallest absolute Gasteiger partial charge is 0.312 e. The highest BCUT2D eigenvalue weighted by Gasteiger charge is 2.14. The highest BCUT2D eigenvalue weighted by Crippen LogP contribution is 1.97. The standard InChI is InChI=1S/C9H19N3O3/c1-6(3-4-13)5-11-8(14)7(2)12-9(10)15/h6-7,13H,3-5H2,1-2H3,(H,11,14)(H3,10,12,15). The molecule has 6 heteroatoms. The molecule has 6 nitrogen and oxygen atoms in total. The molecule has 2 atom stereocenters. The van der Waals surface area contributed by atoms with Crippen molar-refractivity contribution < 1.29 is 14.7 Å². The molecule has 0 aromatic carbocycles. The van der Waals surface area contributed by atoms with Crippen molar-refractivity contribution in [3.05, 3.63) is 0 Å². The summed E-state index contributed by atoms with van der Waals surface area (Å²) in [5.74, 6) is -0.0710. The van der Waals surface area contributed by atoms with Crippen molar-refractivity contribution in [1.82, 2.24) is 10.6 Å². The van der Waals surface area contributed by atoms with Crippen molar-refractivity contribution in [2.45, 2.75) is 26.3 Å². The van der Waals surface area contributed by atoms with Crippen LogP contribution in [0.3, 0.4) is 0 Å². The summed E-state index contributed by atoms with van der Waals surface area (Å²) >= 11 is 0. The van der Waals surface area contributed by atoms with Crippen molar-refractivity contribution in [1.29, 1.82) is 0 Å². The summed E-state index contributed by atoms with van der Waals surface area (Å²) in [7, 11) is 0. The first-order chi connectivity index (χ1) is 6.97. The maximum absolute atomic E-state index is 11.3. The number of carbonyl (C=O) groups excluding carboxylic acids is 2. The third-order valence-electron chi connectivity index (χ3n) is 2.00. The molecular weight excluding hydrogens is 198 g/mol. The molecule has 3 amide bonds. The Morgan fingerprint density at radius 1 is 1.40 bits per heavy atom. The van der Waals surface area contributed by atoms with E-state index in [1.165, 1.54) is 0 Å². The second kappa shape index (κ2) is 7.05. The van der Waals surface area contributed by atoms with Gasteiger partial charge in [0.2, 0.25) is 5.91 Å². The molecule has 0 saturated heterocycles. The molecule has 0 aromatic rings. The van der Waals surface area contributed by atoms with Crippen LogP contribution in [0.15, 0.2) is 0 Å². The fraction of sp³-hybridized carbons (Fsp3) is 0.778. The molecule has 2 unspecified atom stereocenters. The predicted molar refractivity (Wildman–Crippen MR) is 56.1 cm³/mol. The molecule has 0 aliphatic heterocycles. The summed E-state index contributed by atoms with van der Waals surface area (Å²) in [5, 5.41) is 13.6. The lowest BCUT2D eigenvalue weighted by molar-refractivity contribution is -0.122. The Bertz CT molecular complexity index is 221. The maximum atomic E-state index is 11.3. The van der Waals surface area contributed by atoms with Crippen molar-refractivity contribution >= 4 is 11.9 Å². The van der Waals surface area contributed by atoms with E-state index < -0.39 is 12.1 Å². The minimum absolute atomic E-state index is 0.103. The van der Waals surface area contributed by atoms with E-state index in [1.807, 2.05) is 6.92 Å². The minimum atomic E-state index is -0.721. The molecule has 15 heavy (non-hydrogen) atoms. The van der Waals surface area contributed by atoms with E-state index in [0.717, 1.165) is 0 Å². The summed E-state index contributed by atoms with van der Waals surface area (Å²) in [6.45, 7) is 4.05. The first kappa shape index (κ1) is 13.7. The second-order valence-corrected chi connectivity index (χ2v) is 3.59. The van der Waals surface area contributed by atoms with Crippen LogP contribution < -0.4 is 16.4 Å². The lowest BCUT2D eigenvalue weighted by atomic mass is 10.1. The molecule has 0 rings (SSSR count). The Labute approximate surface area is 89.2 Å². The van der Waals surface area contributed by atoms with Crippen LogP contribution in [-0.2, 0) is 4.79 Å². The van der Waals surface area contributed by atoms with Gasteiger partial charge in [-0.3, -0.25) is 4.79 Å². The monoisotopic (exact) mass is 217 g/mol. The molecule has 0 aliphatic rings. The number of hydrogen-bond acceptors (Lipinski definition) is 3. The van der Waals surface area contributed by atoms with E-state index in [1.54, 1.807) is 6.92 Å². The Kier molecular flexibility index (Phi) is 6.44. The largest absolute Gasteiger partial charge is 0.396 e. The van der Waals surface area contributed by atoms with Gasteiger partial charge in [0.25, 0.3) is 0 Å². The number of nitrogens with two attached hydrogens (primary N) is 1. The molecular formula is C9H19N3O3. The van der Waals surface area contributed by atoms with Crippen molar-refractivity contribution in [2.75, 3.05) is 13.2 Å². The van der Waals surface area contributed by atoms with Crippen LogP contribution in [0, 0.1) is 5.92 Å². The van der Waals surface area contributed by atoms with Gasteiger partial charge >= 0.3 is 6.03 Å². The van der Waals surface area contributed by atoms with Gasteiger partial charge in [0.05, 0.1) is 0 Å². The molecule has 88 valence electrons. The van der Waals surface area contributed by atoms with Crippen LogP contribution >= 0.6 is 0 Å². The quantitative estimate of drug-likeness (QED) is 0.467. The first-order valence-electron chi connectivity index (χ1n) is 4.92. The fourth-order valence-electron chi connectivity index (χ4n) is 1.03. The molecule has 0 bridgehead atoms. The van der Waals surface area contributed by atoms with E-state index >= 15 is 0 Å². The number of rotatable bonds is 6. The first-order valence-corrected chi connectivity index (χ1v) is 4.92. The summed E-state index contributed by atoms with van der Waals surface area (Å²) in [6, 6.07) is -1.36. The van der Waals surface area contributed by atoms with E-state index in [9.17, 15) is 9.59 Å². The molecule has 0 aliphatic carbocycles. The number of hydrogen-bond donors (Lipinski definition) is 4. The molecule has 0 heterocycles. The van der Waals surface area contributed by atoms with Gasteiger partial charge in [-0.2, -0.15) is 0 Å². The number of aliphatic hydroxyl groups excluding tert-OH is 1. The number of amides is 3. The summed E-state index contributed by atoms with van der Waals surface area (Å²) in [6.07, 6.45) is 0.637. The summed E-state index contributed by atoms with van der Waals surface area (Å²) < 4.78 is 0. The average molecular weight is 217 g/mol. The number of primary amides is 1. The highest BCUT2D eigenvalue weighted by atomic mass is 16.3. The molecule has 0 radical (unpaired) electrons. The lowest BCUT2D eigenvalue weighted by Crippen LogP contribution is -2.47. The van der Waals surface area contributed by atoms with Gasteiger partial charge in [0, 0.05) is 13.2 Å². The normalized spacial score (nSPS) is 14.1. The topological polar surface area (TPSA) is 104 Å². The zero-order valence-corrected chi connectivity index (χ0v) is 9.12. The van der Waals surface area contributed by atoms with Gasteiger partial charge in [-0.15, -0.1) is 0 Å². The summed E-state index contributed by atoms with van der Waals surface area (Å²) in [5.41, 5.74) is 4.87. The Hall–Kier alpha value is -1.30. The van der Waals surface area contributed by atoms with Crippen molar-refractivity contribution in [2.24, 2.45) is 11.7 Å². The van der Waals surface area contributed by atoms with E-state index in [-0.39, 0.29) is 18.4 Å². The Morgan fingerprint density at radius 3 is 2.47 bits per heavy atom. The lowest BCUT2D eigenvalue weighted by Gasteiger charge is -2.15. The zero-order chi connectivity index (χ0) is 11.8. The summed E-state index contributed by atoms with van der Waals surface area (Å²) in [4.78, 5) is 21.8. The van der Waals surface area contributed by atoms with Gasteiger partial charge < -0.3 is 21.5 Å². The molecule has 5 N–H and O–H groups in total. The van der Waals surface area contributed by atoms with Gasteiger partial charge in [-0.1, -0.05) is 6.92 Å². The predicted octanol–water partition coefficient (Wildman–Crippen LogP) is -0.822. The maximum Gasteiger partial charge on any atom is 0.312 e. The van der Waals surface area contributed by atoms with Crippen LogP contribution in [0.4, 0.5) is 4.79 Å². The third kappa shape index (κ3) is 6.73. The number of nitrogens with one attached hydrogen (secondary N) is 2. The van der Waals surface area contributed by atoms with Gasteiger partial charge in [0.1, 0.15) is 6.04 Å². The third-order valence-corrected chi connectivity index (χ3v) is 2.00. The number of urea groups is 1. The number of carbonyl (C=O) groups is 2. The highest BCUT2D eigenvalue weighted by molar-refractivity contribution is 5.86. The van der Waals surface area contributed by atoms with Gasteiger partial charge in [-0.25, -0.2) is 4.79 Å². The van der Waals surface area contributed by atoms with E-state index in [0.29, 0.717) is 13.0 Å². The molecule has 0 saturated carbocycles. The molecule has 0 aromatic heterocycles. The van der Waals surface area contributed by atoms with Gasteiger partial charge in [-0.05, 0) is 19.3 Å². The van der Waals surface area contributed by atoms with Crippen LogP contribution in [0.2, 0.25) is 0 Å². The van der Waals surface area contributed by atoms with Crippen molar-refractivity contribution in [3.63, 3.8) is 0 Å². The Morgan fingerprint density at radius 2 is 2.00 bits per heavy atom. The molecule has 0 spiro atoms. The van der Waals surface area contributed by atoms with E-state index in [2.05, 4.69) is 10.6 Å². The average Bonchev–Trinajstić information content (AvgIpc) is 2.13. The van der Waals surface area contributed by atoms with Crippen LogP contribution in [-0.4, -0.2) is 36.2 Å². The molecule has 0 fully saturated rings.